The standard InChI is InChI=1S/C15H21NO3S.C15H19NO3S.C6H15N/c2*1-15(2,3)19-14(18)16-12(9-17)10-20-13(16)11-7-5-4-6-8-11;1-4-7(5-2)6-3/h4-8,12-13,17H,9-10H2,1-3H3;4-9,12-13H,10H2,1-3H3;4-6H2,1-3H3/t2*12?,13-;/m11./s1. The van der Waals surface area contributed by atoms with E-state index < -0.39 is 23.3 Å². The fourth-order valence-corrected chi connectivity index (χ4v) is 7.66. The van der Waals surface area contributed by atoms with Crippen LogP contribution in [0.4, 0.5) is 9.59 Å². The molecule has 2 heterocycles. The Kier molecular flexibility index (Phi) is 16.6. The minimum Gasteiger partial charge on any atom is -0.444 e. The molecule has 4 rings (SSSR count). The van der Waals surface area contributed by atoms with E-state index in [-0.39, 0.29) is 29.5 Å². The third-order valence-electron chi connectivity index (χ3n) is 7.21. The number of aldehydes is 1. The molecule has 0 aliphatic carbocycles. The summed E-state index contributed by atoms with van der Waals surface area (Å²) in [7, 11) is 0. The van der Waals surface area contributed by atoms with Crippen molar-refractivity contribution in [3.05, 3.63) is 71.8 Å². The maximum Gasteiger partial charge on any atom is 0.412 e. The minimum atomic E-state index is -0.570. The number of carbonyl (C=O) groups is 3. The van der Waals surface area contributed by atoms with Crippen LogP contribution in [-0.4, -0.2) is 99.3 Å². The van der Waals surface area contributed by atoms with E-state index in [1.54, 1.807) is 28.4 Å². The first-order valence-electron chi connectivity index (χ1n) is 16.3. The van der Waals surface area contributed by atoms with Crippen LogP contribution in [0.15, 0.2) is 60.7 Å². The number of aliphatic hydroxyl groups excluding tert-OH is 1. The number of amides is 2. The van der Waals surface area contributed by atoms with Crippen molar-refractivity contribution in [2.75, 3.05) is 37.7 Å². The molecule has 2 unspecified atom stereocenters. The highest BCUT2D eigenvalue weighted by Crippen LogP contribution is 2.42. The molecule has 11 heteroatoms. The van der Waals surface area contributed by atoms with Gasteiger partial charge in [0.2, 0.25) is 0 Å². The summed E-state index contributed by atoms with van der Waals surface area (Å²) >= 11 is 3.24. The van der Waals surface area contributed by atoms with Gasteiger partial charge in [0.05, 0.1) is 12.6 Å². The molecule has 0 spiro atoms. The number of hydrogen-bond donors (Lipinski definition) is 1. The predicted octanol–water partition coefficient (Wildman–Crippen LogP) is 7.61. The number of thioether (sulfide) groups is 2. The van der Waals surface area contributed by atoms with Crippen molar-refractivity contribution in [1.82, 2.24) is 14.7 Å². The Balaban J connectivity index is 0.000000273. The van der Waals surface area contributed by atoms with Gasteiger partial charge in [0.15, 0.2) is 0 Å². The van der Waals surface area contributed by atoms with Gasteiger partial charge in [0.1, 0.15) is 34.3 Å². The highest BCUT2D eigenvalue weighted by atomic mass is 32.2. The number of hydrogen-bond acceptors (Lipinski definition) is 9. The van der Waals surface area contributed by atoms with Crippen LogP contribution in [0.3, 0.4) is 0 Å². The summed E-state index contributed by atoms with van der Waals surface area (Å²) < 4.78 is 10.9. The van der Waals surface area contributed by atoms with Crippen LogP contribution in [0.2, 0.25) is 0 Å². The van der Waals surface area contributed by atoms with Crippen LogP contribution in [0.5, 0.6) is 0 Å². The van der Waals surface area contributed by atoms with Crippen molar-refractivity contribution in [1.29, 1.82) is 0 Å². The quantitative estimate of drug-likeness (QED) is 0.295. The molecule has 1 N–H and O–H groups in total. The third-order valence-corrected chi connectivity index (χ3v) is 9.96. The van der Waals surface area contributed by atoms with Crippen molar-refractivity contribution in [3.8, 4) is 0 Å². The van der Waals surface area contributed by atoms with Gasteiger partial charge >= 0.3 is 12.2 Å². The lowest BCUT2D eigenvalue weighted by atomic mass is 10.2. The van der Waals surface area contributed by atoms with Crippen LogP contribution < -0.4 is 0 Å². The molecule has 9 nitrogen and oxygen atoms in total. The van der Waals surface area contributed by atoms with Gasteiger partial charge in [-0.15, -0.1) is 23.5 Å². The highest BCUT2D eigenvalue weighted by Gasteiger charge is 2.41. The molecular formula is C36H55N3O6S2. The second-order valence-corrected chi connectivity index (χ2v) is 15.4. The van der Waals surface area contributed by atoms with Crippen molar-refractivity contribution in [2.24, 2.45) is 0 Å². The zero-order chi connectivity index (χ0) is 35.2. The summed E-state index contributed by atoms with van der Waals surface area (Å²) in [5, 5.41) is 9.23. The average molecular weight is 690 g/mol. The maximum absolute atomic E-state index is 12.4. The molecule has 262 valence electrons. The molecular weight excluding hydrogens is 635 g/mol. The van der Waals surface area contributed by atoms with Gasteiger partial charge in [-0.2, -0.15) is 0 Å². The topological polar surface area (TPSA) is 99.6 Å². The lowest BCUT2D eigenvalue weighted by molar-refractivity contribution is -0.111. The summed E-state index contributed by atoms with van der Waals surface area (Å²) in [4.78, 5) is 41.5. The number of benzene rings is 2. The van der Waals surface area contributed by atoms with Crippen LogP contribution in [0, 0.1) is 0 Å². The second-order valence-electron chi connectivity index (χ2n) is 13.1. The number of aliphatic hydroxyl groups is 1. The summed E-state index contributed by atoms with van der Waals surface area (Å²) in [6.07, 6.45) is 0.0173. The summed E-state index contributed by atoms with van der Waals surface area (Å²) in [5.41, 5.74) is 0.956. The van der Waals surface area contributed by atoms with Crippen molar-refractivity contribution >= 4 is 42.0 Å². The van der Waals surface area contributed by atoms with Crippen LogP contribution in [-0.2, 0) is 14.3 Å². The van der Waals surface area contributed by atoms with Gasteiger partial charge in [-0.1, -0.05) is 81.4 Å². The van der Waals surface area contributed by atoms with E-state index in [1.165, 1.54) is 24.5 Å². The Bertz CT molecular complexity index is 1210. The Morgan fingerprint density at radius 1 is 0.766 bits per heavy atom. The normalized spacial score (nSPS) is 20.9. The first kappa shape index (κ1) is 40.4. The van der Waals surface area contributed by atoms with E-state index in [0.717, 1.165) is 23.2 Å². The Hall–Kier alpha value is -2.73. The van der Waals surface area contributed by atoms with Crippen molar-refractivity contribution in [3.63, 3.8) is 0 Å². The number of carbonyl (C=O) groups excluding carboxylic acids is 3. The average Bonchev–Trinajstić information content (AvgIpc) is 3.67. The van der Waals surface area contributed by atoms with E-state index in [4.69, 9.17) is 9.47 Å². The first-order valence-corrected chi connectivity index (χ1v) is 18.4. The molecule has 0 saturated carbocycles. The lowest BCUT2D eigenvalue weighted by Gasteiger charge is -2.31. The number of rotatable bonds is 7. The van der Waals surface area contributed by atoms with E-state index >= 15 is 0 Å². The Morgan fingerprint density at radius 2 is 1.17 bits per heavy atom. The minimum absolute atomic E-state index is 0.0461. The third kappa shape index (κ3) is 13.0. The number of ether oxygens (including phenoxy) is 2. The van der Waals surface area contributed by atoms with Crippen LogP contribution >= 0.6 is 23.5 Å². The van der Waals surface area contributed by atoms with Gasteiger partial charge in [0.25, 0.3) is 0 Å². The lowest BCUT2D eigenvalue weighted by Crippen LogP contribution is -2.43. The molecule has 2 aromatic rings. The summed E-state index contributed by atoms with van der Waals surface area (Å²) in [6.45, 7) is 21.1. The van der Waals surface area contributed by atoms with Crippen LogP contribution in [0.25, 0.3) is 0 Å². The maximum atomic E-state index is 12.4. The SMILES string of the molecule is CC(C)(C)OC(=O)N1C(C=O)CS[C@@H]1c1ccccc1.CC(C)(C)OC(=O)N1C(CO)CS[C@@H]1c1ccccc1.CCN(CC)CC. The fraction of sp³-hybridized carbons (Fsp3) is 0.583. The molecule has 2 saturated heterocycles. The molecule has 0 aromatic heterocycles. The molecule has 2 aliphatic rings. The highest BCUT2D eigenvalue weighted by molar-refractivity contribution is 8.00. The Labute approximate surface area is 290 Å². The fourth-order valence-electron chi connectivity index (χ4n) is 4.85. The molecule has 0 bridgehead atoms. The molecule has 0 radical (unpaired) electrons. The zero-order valence-corrected chi connectivity index (χ0v) is 31.2. The van der Waals surface area contributed by atoms with Gasteiger partial charge in [-0.05, 0) is 72.3 Å². The van der Waals surface area contributed by atoms with Gasteiger partial charge in [-0.3, -0.25) is 9.80 Å². The molecule has 4 atom stereocenters. The monoisotopic (exact) mass is 689 g/mol. The molecule has 2 fully saturated rings. The summed E-state index contributed by atoms with van der Waals surface area (Å²) in [6, 6.07) is 18.9. The molecule has 47 heavy (non-hydrogen) atoms. The van der Waals surface area contributed by atoms with Gasteiger partial charge in [-0.25, -0.2) is 9.59 Å². The first-order chi connectivity index (χ1) is 22.2. The number of nitrogens with zero attached hydrogens (tertiary/aromatic N) is 3. The van der Waals surface area contributed by atoms with E-state index in [9.17, 15) is 19.5 Å². The second kappa shape index (κ2) is 19.3. The molecule has 2 aromatic carbocycles. The van der Waals surface area contributed by atoms with Crippen molar-refractivity contribution in [2.45, 2.75) is 96.3 Å². The van der Waals surface area contributed by atoms with E-state index in [1.807, 2.05) is 102 Å². The molecule has 2 amide bonds. The predicted molar refractivity (Wildman–Crippen MR) is 194 cm³/mol. The van der Waals surface area contributed by atoms with Gasteiger partial charge < -0.3 is 24.3 Å². The smallest absolute Gasteiger partial charge is 0.412 e. The zero-order valence-electron chi connectivity index (χ0n) is 29.5. The Morgan fingerprint density at radius 3 is 1.53 bits per heavy atom. The van der Waals surface area contributed by atoms with Crippen molar-refractivity contribution < 1.29 is 29.0 Å². The summed E-state index contributed by atoms with van der Waals surface area (Å²) in [5.74, 6) is 1.32. The van der Waals surface area contributed by atoms with Gasteiger partial charge in [0, 0.05) is 11.5 Å². The van der Waals surface area contributed by atoms with E-state index in [0.29, 0.717) is 5.75 Å². The van der Waals surface area contributed by atoms with Crippen LogP contribution in [0.1, 0.15) is 84.2 Å². The van der Waals surface area contributed by atoms with E-state index in [2.05, 4.69) is 25.7 Å². The molecule has 2 aliphatic heterocycles. The largest absolute Gasteiger partial charge is 0.444 e.